The van der Waals surface area contributed by atoms with E-state index in [9.17, 15) is 0 Å². The van der Waals surface area contributed by atoms with E-state index in [1.165, 1.54) is 6.33 Å². The largest absolute Gasteiger partial charge is 0.486 e. The van der Waals surface area contributed by atoms with Crippen molar-refractivity contribution in [2.75, 3.05) is 0 Å². The van der Waals surface area contributed by atoms with E-state index < -0.39 is 0 Å². The summed E-state index contributed by atoms with van der Waals surface area (Å²) in [6.45, 7) is 1.95. The minimum absolute atomic E-state index is 0. The molecule has 0 aliphatic heterocycles. The first-order valence-electron chi connectivity index (χ1n) is 13.1. The second-order valence-corrected chi connectivity index (χ2v) is 9.33. The summed E-state index contributed by atoms with van der Waals surface area (Å²) in [5.74, 6) is 0.702. The quantitative estimate of drug-likeness (QED) is 0.177. The first-order valence-corrected chi connectivity index (χ1v) is 13.1. The number of benzene rings is 3. The van der Waals surface area contributed by atoms with E-state index in [1.54, 1.807) is 12.4 Å². The predicted molar refractivity (Wildman–Crippen MR) is 159 cm³/mol. The molecule has 0 fully saturated rings. The van der Waals surface area contributed by atoms with Crippen molar-refractivity contribution in [1.82, 2.24) is 29.5 Å². The number of para-hydroxylation sites is 1. The van der Waals surface area contributed by atoms with Gasteiger partial charge >= 0.3 is 0 Å². The molecule has 5 aromatic heterocycles. The number of imidazole rings is 1. The minimum atomic E-state index is 0. The molecule has 1 radical (unpaired) electrons. The van der Waals surface area contributed by atoms with Crippen molar-refractivity contribution >= 4 is 33.2 Å². The van der Waals surface area contributed by atoms with Crippen LogP contribution in [0.2, 0.25) is 0 Å². The van der Waals surface area contributed by atoms with Gasteiger partial charge in [-0.25, -0.2) is 15.0 Å². The zero-order valence-corrected chi connectivity index (χ0v) is 24.8. The summed E-state index contributed by atoms with van der Waals surface area (Å²) >= 11 is 0. The average molecular weight is 723 g/mol. The molecule has 0 atom stereocenters. The number of furan rings is 1. The third kappa shape index (κ3) is 5.09. The first-order chi connectivity index (χ1) is 20.3. The molecular formula is C34H22IrN6O-2. The van der Waals surface area contributed by atoms with Gasteiger partial charge in [0.1, 0.15) is 11.8 Å². The van der Waals surface area contributed by atoms with Gasteiger partial charge in [0.05, 0.1) is 17.6 Å². The molecule has 0 N–H and O–H groups in total. The van der Waals surface area contributed by atoms with Gasteiger partial charge in [-0.15, -0.1) is 54.1 Å². The zero-order valence-electron chi connectivity index (χ0n) is 22.4. The van der Waals surface area contributed by atoms with Crippen molar-refractivity contribution in [1.29, 1.82) is 0 Å². The first kappa shape index (κ1) is 27.1. The maximum Gasteiger partial charge on any atom is 0.216 e. The molecule has 5 heterocycles. The Balaban J connectivity index is 0.000000205. The summed E-state index contributed by atoms with van der Waals surface area (Å²) in [6.07, 6.45) is 5.04. The van der Waals surface area contributed by atoms with Gasteiger partial charge in [-0.05, 0) is 42.9 Å². The molecule has 7 nitrogen and oxygen atoms in total. The Kier molecular flexibility index (Phi) is 7.64. The Bertz CT molecular complexity index is 2070. The van der Waals surface area contributed by atoms with Crippen LogP contribution in [0.25, 0.3) is 61.6 Å². The van der Waals surface area contributed by atoms with Crippen LogP contribution >= 0.6 is 0 Å². The third-order valence-electron chi connectivity index (χ3n) is 6.65. The predicted octanol–water partition coefficient (Wildman–Crippen LogP) is 7.43. The van der Waals surface area contributed by atoms with Gasteiger partial charge in [-0.2, -0.15) is 0 Å². The van der Waals surface area contributed by atoms with Crippen LogP contribution in [0.1, 0.15) is 5.69 Å². The number of hydrogen-bond acceptors (Lipinski definition) is 6. The molecule has 0 saturated heterocycles. The molecule has 0 bridgehead atoms. The number of aromatic nitrogens is 6. The van der Waals surface area contributed by atoms with Gasteiger partial charge in [0.15, 0.2) is 5.65 Å². The minimum Gasteiger partial charge on any atom is -0.486 e. The van der Waals surface area contributed by atoms with Gasteiger partial charge in [0.25, 0.3) is 0 Å². The molecule has 3 aromatic carbocycles. The van der Waals surface area contributed by atoms with Crippen LogP contribution in [0, 0.1) is 19.1 Å². The van der Waals surface area contributed by atoms with Crippen LogP contribution < -0.4 is 0 Å². The Labute approximate surface area is 255 Å². The fraction of sp³-hybridized carbons (Fsp3) is 0.0294. The van der Waals surface area contributed by atoms with Crippen LogP contribution in [0.3, 0.4) is 0 Å². The molecule has 0 unspecified atom stereocenters. The summed E-state index contributed by atoms with van der Waals surface area (Å²) in [4.78, 5) is 22.2. The summed E-state index contributed by atoms with van der Waals surface area (Å²) in [5, 5.41) is 1.96. The van der Waals surface area contributed by atoms with Gasteiger partial charge in [0, 0.05) is 43.1 Å². The summed E-state index contributed by atoms with van der Waals surface area (Å²) in [5.41, 5.74) is 7.41. The summed E-state index contributed by atoms with van der Waals surface area (Å²) < 4.78 is 8.18. The van der Waals surface area contributed by atoms with E-state index in [2.05, 4.69) is 32.1 Å². The number of fused-ring (bicyclic) bond motifs is 4. The van der Waals surface area contributed by atoms with E-state index >= 15 is 0 Å². The molecule has 8 heteroatoms. The van der Waals surface area contributed by atoms with Crippen LogP contribution in [0.15, 0.2) is 120 Å². The van der Waals surface area contributed by atoms with Gasteiger partial charge in [-0.1, -0.05) is 41.3 Å². The van der Waals surface area contributed by atoms with Crippen molar-refractivity contribution in [2.24, 2.45) is 0 Å². The molecule has 42 heavy (non-hydrogen) atoms. The van der Waals surface area contributed by atoms with Crippen LogP contribution in [-0.4, -0.2) is 29.5 Å². The molecule has 0 aliphatic carbocycles. The fourth-order valence-corrected chi connectivity index (χ4v) is 4.78. The standard InChI is InChI=1S/C23H14N5O.C11H8N.Ir/c1-14-10-11-17-16-8-5-9-18(20(16)29-23(17)26-14)21-27-19-12-24-13-25-22(19)28(21)15-6-3-2-4-7-15;1-2-6-10(7-3-1)11-8-4-5-9-12-11;/h2-8,10-13H,1H3;1-6,8-9H;/q2*-1;. The Morgan fingerprint density at radius 1 is 0.762 bits per heavy atom. The van der Waals surface area contributed by atoms with Crippen molar-refractivity contribution in [3.8, 4) is 28.3 Å². The molecule has 205 valence electrons. The number of aryl methyl sites for hydroxylation is 1. The molecule has 8 aromatic rings. The smallest absolute Gasteiger partial charge is 0.216 e. The average Bonchev–Trinajstić information content (AvgIpc) is 3.61. The van der Waals surface area contributed by atoms with E-state index in [4.69, 9.17) is 9.40 Å². The maximum atomic E-state index is 6.17. The van der Waals surface area contributed by atoms with Crippen molar-refractivity contribution < 1.29 is 24.5 Å². The van der Waals surface area contributed by atoms with Gasteiger partial charge < -0.3 is 14.0 Å². The monoisotopic (exact) mass is 723 g/mol. The van der Waals surface area contributed by atoms with E-state index in [-0.39, 0.29) is 20.1 Å². The molecule has 0 amide bonds. The zero-order chi connectivity index (χ0) is 27.6. The normalized spacial score (nSPS) is 10.8. The van der Waals surface area contributed by atoms with Crippen LogP contribution in [0.5, 0.6) is 0 Å². The van der Waals surface area contributed by atoms with Crippen molar-refractivity contribution in [2.45, 2.75) is 6.92 Å². The topological polar surface area (TPSA) is 82.5 Å². The van der Waals surface area contributed by atoms with Gasteiger partial charge in [0.2, 0.25) is 5.71 Å². The molecule has 0 saturated carbocycles. The Hall–Kier alpha value is -5.04. The van der Waals surface area contributed by atoms with Crippen LogP contribution in [-0.2, 0) is 20.1 Å². The third-order valence-corrected chi connectivity index (χ3v) is 6.65. The fourth-order valence-electron chi connectivity index (χ4n) is 4.78. The molecular weight excluding hydrogens is 701 g/mol. The van der Waals surface area contributed by atoms with Gasteiger partial charge in [-0.3, -0.25) is 4.98 Å². The number of hydrogen-bond donors (Lipinski definition) is 0. The summed E-state index contributed by atoms with van der Waals surface area (Å²) in [7, 11) is 0. The maximum absolute atomic E-state index is 6.17. The molecule has 0 spiro atoms. The molecule has 8 rings (SSSR count). The van der Waals surface area contributed by atoms with Crippen LogP contribution in [0.4, 0.5) is 0 Å². The number of pyridine rings is 2. The van der Waals surface area contributed by atoms with Crippen molar-refractivity contribution in [3.05, 3.63) is 134 Å². The van der Waals surface area contributed by atoms with E-state index in [0.717, 1.165) is 44.6 Å². The Morgan fingerprint density at radius 3 is 2.43 bits per heavy atom. The Morgan fingerprint density at radius 2 is 1.62 bits per heavy atom. The summed E-state index contributed by atoms with van der Waals surface area (Å²) in [6, 6.07) is 38.1. The second kappa shape index (κ2) is 11.8. The second-order valence-electron chi connectivity index (χ2n) is 9.33. The SMILES string of the molecule is Cc1ccc2c(n1)oc1c(-c3nc4cncnc4n3-c3ccccc3)[c-]ccc12.[Ir].[c-]1ccccc1-c1ccccn1. The van der Waals surface area contributed by atoms with Crippen molar-refractivity contribution in [3.63, 3.8) is 0 Å². The number of rotatable bonds is 3. The van der Waals surface area contributed by atoms with E-state index in [1.807, 2.05) is 109 Å². The molecule has 0 aliphatic rings. The van der Waals surface area contributed by atoms with E-state index in [0.29, 0.717) is 22.6 Å². The number of nitrogens with zero attached hydrogens (tertiary/aromatic N) is 6.